The molecule has 2 heterocycles. The van der Waals surface area contributed by atoms with E-state index in [1.54, 1.807) is 12.4 Å². The lowest BCUT2D eigenvalue weighted by atomic mass is 10.1. The summed E-state index contributed by atoms with van der Waals surface area (Å²) in [6.45, 7) is 2.65. The normalized spacial score (nSPS) is 14.1. The van der Waals surface area contributed by atoms with Crippen molar-refractivity contribution in [2.24, 2.45) is 0 Å². The van der Waals surface area contributed by atoms with E-state index in [2.05, 4.69) is 32.3 Å². The van der Waals surface area contributed by atoms with Crippen molar-refractivity contribution >= 4 is 11.7 Å². The van der Waals surface area contributed by atoms with Crippen LogP contribution in [-0.4, -0.2) is 35.5 Å². The third-order valence-corrected chi connectivity index (χ3v) is 3.84. The number of carbonyl (C=O) groups is 1. The molecule has 1 saturated heterocycles. The van der Waals surface area contributed by atoms with Gasteiger partial charge in [0, 0.05) is 19.6 Å². The van der Waals surface area contributed by atoms with Crippen LogP contribution in [0.15, 0.2) is 42.7 Å². The molecule has 1 fully saturated rings. The Morgan fingerprint density at radius 3 is 2.55 bits per heavy atom. The van der Waals surface area contributed by atoms with Crippen LogP contribution in [0.2, 0.25) is 0 Å². The van der Waals surface area contributed by atoms with Gasteiger partial charge in [-0.15, -0.1) is 0 Å². The van der Waals surface area contributed by atoms with Gasteiger partial charge in [0.1, 0.15) is 11.5 Å². The van der Waals surface area contributed by atoms with E-state index in [0.29, 0.717) is 12.2 Å². The number of rotatable bonds is 5. The van der Waals surface area contributed by atoms with Crippen LogP contribution in [0.5, 0.6) is 0 Å². The highest BCUT2D eigenvalue weighted by Crippen LogP contribution is 2.16. The molecule has 3 rings (SSSR count). The summed E-state index contributed by atoms with van der Waals surface area (Å²) in [6, 6.07) is 10.1. The summed E-state index contributed by atoms with van der Waals surface area (Å²) in [4.78, 5) is 22.8. The highest BCUT2D eigenvalue weighted by molar-refractivity contribution is 5.92. The maximum absolute atomic E-state index is 12.0. The molecule has 0 radical (unpaired) electrons. The average Bonchev–Trinajstić information content (AvgIpc) is 3.10. The summed E-state index contributed by atoms with van der Waals surface area (Å²) in [5.41, 5.74) is 1.58. The van der Waals surface area contributed by atoms with Crippen LogP contribution in [0, 0.1) is 0 Å². The van der Waals surface area contributed by atoms with Gasteiger partial charge in [-0.3, -0.25) is 4.79 Å². The Labute approximate surface area is 130 Å². The van der Waals surface area contributed by atoms with E-state index in [-0.39, 0.29) is 5.91 Å². The molecule has 1 aliphatic heterocycles. The Balaban J connectivity index is 1.51. The molecule has 1 aromatic heterocycles. The second-order valence-electron chi connectivity index (χ2n) is 5.45. The molecule has 1 N–H and O–H groups in total. The van der Waals surface area contributed by atoms with Crippen LogP contribution in [0.4, 0.5) is 5.82 Å². The molecule has 0 unspecified atom stereocenters. The Morgan fingerprint density at radius 1 is 1.09 bits per heavy atom. The molecule has 0 spiro atoms. The van der Waals surface area contributed by atoms with Gasteiger partial charge >= 0.3 is 0 Å². The highest BCUT2D eigenvalue weighted by atomic mass is 16.1. The fourth-order valence-electron chi connectivity index (χ4n) is 2.60. The first-order valence-corrected chi connectivity index (χ1v) is 7.72. The minimum Gasteiger partial charge on any atom is -0.355 e. The van der Waals surface area contributed by atoms with Gasteiger partial charge in [-0.25, -0.2) is 9.97 Å². The first-order valence-electron chi connectivity index (χ1n) is 7.72. The summed E-state index contributed by atoms with van der Waals surface area (Å²) in [5.74, 6) is 0.690. The summed E-state index contributed by atoms with van der Waals surface area (Å²) < 4.78 is 0. The van der Waals surface area contributed by atoms with Crippen LogP contribution in [0.1, 0.15) is 28.9 Å². The number of benzene rings is 1. The fraction of sp³-hybridized carbons (Fsp3) is 0.353. The Kier molecular flexibility index (Phi) is 4.63. The van der Waals surface area contributed by atoms with E-state index in [1.165, 1.54) is 18.4 Å². The van der Waals surface area contributed by atoms with Crippen LogP contribution >= 0.6 is 0 Å². The zero-order chi connectivity index (χ0) is 15.2. The minimum atomic E-state index is -0.170. The molecule has 22 heavy (non-hydrogen) atoms. The van der Waals surface area contributed by atoms with Gasteiger partial charge in [0.05, 0.1) is 12.4 Å². The maximum atomic E-state index is 12.0. The van der Waals surface area contributed by atoms with Crippen LogP contribution in [0.25, 0.3) is 0 Å². The quantitative estimate of drug-likeness (QED) is 0.917. The van der Waals surface area contributed by atoms with Crippen LogP contribution in [0.3, 0.4) is 0 Å². The van der Waals surface area contributed by atoms with Gasteiger partial charge in [-0.2, -0.15) is 0 Å². The van der Waals surface area contributed by atoms with Gasteiger partial charge in [-0.1, -0.05) is 30.3 Å². The third kappa shape index (κ3) is 3.61. The van der Waals surface area contributed by atoms with E-state index in [1.807, 2.05) is 18.2 Å². The fourth-order valence-corrected chi connectivity index (χ4v) is 2.60. The van der Waals surface area contributed by atoms with Crippen molar-refractivity contribution in [2.45, 2.75) is 19.3 Å². The number of nitrogens with zero attached hydrogens (tertiary/aromatic N) is 3. The number of hydrogen-bond acceptors (Lipinski definition) is 4. The number of hydrogen-bond donors (Lipinski definition) is 1. The van der Waals surface area contributed by atoms with Gasteiger partial charge < -0.3 is 10.2 Å². The van der Waals surface area contributed by atoms with Gasteiger partial charge in [0.15, 0.2) is 0 Å². The number of aromatic nitrogens is 2. The molecule has 2 aromatic rings. The smallest absolute Gasteiger partial charge is 0.271 e. The second kappa shape index (κ2) is 7.02. The monoisotopic (exact) mass is 296 g/mol. The maximum Gasteiger partial charge on any atom is 0.271 e. The first-order chi connectivity index (χ1) is 10.8. The summed E-state index contributed by atoms with van der Waals surface area (Å²) in [6.07, 6.45) is 6.46. The molecule has 0 saturated carbocycles. The zero-order valence-electron chi connectivity index (χ0n) is 12.5. The Hall–Kier alpha value is -2.43. The summed E-state index contributed by atoms with van der Waals surface area (Å²) >= 11 is 0. The van der Waals surface area contributed by atoms with Crippen LogP contribution < -0.4 is 10.2 Å². The lowest BCUT2D eigenvalue weighted by molar-refractivity contribution is 0.0949. The molecule has 0 aliphatic carbocycles. The number of anilines is 1. The standard InChI is InChI=1S/C17H20N4O/c22-17(18-9-8-14-6-2-1-3-7-14)15-12-20-16(13-19-15)21-10-4-5-11-21/h1-3,6-7,12-13H,4-5,8-11H2,(H,18,22). The molecule has 5 nitrogen and oxygen atoms in total. The third-order valence-electron chi connectivity index (χ3n) is 3.84. The lowest BCUT2D eigenvalue weighted by Crippen LogP contribution is -2.27. The zero-order valence-corrected chi connectivity index (χ0v) is 12.5. The molecule has 1 aromatic carbocycles. The topological polar surface area (TPSA) is 58.1 Å². The van der Waals surface area contributed by atoms with E-state index in [0.717, 1.165) is 25.3 Å². The molecule has 114 valence electrons. The van der Waals surface area contributed by atoms with Gasteiger partial charge in [0.2, 0.25) is 0 Å². The van der Waals surface area contributed by atoms with Gasteiger partial charge in [-0.05, 0) is 24.8 Å². The van der Waals surface area contributed by atoms with Crippen molar-refractivity contribution in [3.05, 3.63) is 54.0 Å². The van der Waals surface area contributed by atoms with Gasteiger partial charge in [0.25, 0.3) is 5.91 Å². The predicted molar refractivity (Wildman–Crippen MR) is 86.0 cm³/mol. The molecule has 0 atom stereocenters. The molecule has 0 bridgehead atoms. The number of carbonyl (C=O) groups excluding carboxylic acids is 1. The largest absolute Gasteiger partial charge is 0.355 e. The number of amides is 1. The molecule has 1 amide bonds. The van der Waals surface area contributed by atoms with Crippen molar-refractivity contribution in [1.82, 2.24) is 15.3 Å². The summed E-state index contributed by atoms with van der Waals surface area (Å²) in [5, 5.41) is 2.88. The van der Waals surface area contributed by atoms with Crippen LogP contribution in [-0.2, 0) is 6.42 Å². The lowest BCUT2D eigenvalue weighted by Gasteiger charge is -2.15. The summed E-state index contributed by atoms with van der Waals surface area (Å²) in [7, 11) is 0. The van der Waals surface area contributed by atoms with E-state index < -0.39 is 0 Å². The van der Waals surface area contributed by atoms with Crippen molar-refractivity contribution < 1.29 is 4.79 Å². The second-order valence-corrected chi connectivity index (χ2v) is 5.45. The van der Waals surface area contributed by atoms with E-state index >= 15 is 0 Å². The van der Waals surface area contributed by atoms with Crippen molar-refractivity contribution in [3.63, 3.8) is 0 Å². The molecular weight excluding hydrogens is 276 g/mol. The minimum absolute atomic E-state index is 0.170. The highest BCUT2D eigenvalue weighted by Gasteiger charge is 2.14. The van der Waals surface area contributed by atoms with Crippen molar-refractivity contribution in [1.29, 1.82) is 0 Å². The molecular formula is C17H20N4O. The Bertz CT molecular complexity index is 606. The SMILES string of the molecule is O=C(NCCc1ccccc1)c1cnc(N2CCCC2)cn1. The number of nitrogens with one attached hydrogen (secondary N) is 1. The Morgan fingerprint density at radius 2 is 1.86 bits per heavy atom. The molecule has 1 aliphatic rings. The molecule has 5 heteroatoms. The van der Waals surface area contributed by atoms with E-state index in [9.17, 15) is 4.79 Å². The van der Waals surface area contributed by atoms with Crippen molar-refractivity contribution in [3.8, 4) is 0 Å². The van der Waals surface area contributed by atoms with Crippen molar-refractivity contribution in [2.75, 3.05) is 24.5 Å². The predicted octanol–water partition coefficient (Wildman–Crippen LogP) is 2.05. The average molecular weight is 296 g/mol. The van der Waals surface area contributed by atoms with E-state index in [4.69, 9.17) is 0 Å². The first kappa shape index (κ1) is 14.5.